The summed E-state index contributed by atoms with van der Waals surface area (Å²) in [6, 6.07) is 14.7. The second kappa shape index (κ2) is 7.38. The molecule has 0 heterocycles. The molecule has 23 heavy (non-hydrogen) atoms. The summed E-state index contributed by atoms with van der Waals surface area (Å²) in [4.78, 5) is 16.7. The summed E-state index contributed by atoms with van der Waals surface area (Å²) < 4.78 is 5.69. The van der Waals surface area contributed by atoms with E-state index in [-0.39, 0.29) is 5.97 Å². The van der Waals surface area contributed by atoms with Gasteiger partial charge in [-0.3, -0.25) is 0 Å². The second-order valence-electron chi connectivity index (χ2n) is 6.18. The van der Waals surface area contributed by atoms with Gasteiger partial charge in [0.15, 0.2) is 0 Å². The van der Waals surface area contributed by atoms with Gasteiger partial charge in [0.25, 0.3) is 0 Å². The summed E-state index contributed by atoms with van der Waals surface area (Å²) in [7, 11) is 0. The lowest BCUT2D eigenvalue weighted by atomic mass is 9.98. The zero-order valence-electron chi connectivity index (χ0n) is 13.4. The Hall–Kier alpha value is -2.20. The summed E-state index contributed by atoms with van der Waals surface area (Å²) in [6.07, 6.45) is 0. The normalized spacial score (nSPS) is 11.0. The molecular formula is C18H20ClNO3. The third-order valence-corrected chi connectivity index (χ3v) is 3.30. The zero-order chi connectivity index (χ0) is 16.9. The van der Waals surface area contributed by atoms with E-state index in [4.69, 9.17) is 21.2 Å². The Kier molecular flexibility index (Phi) is 5.50. The second-order valence-corrected chi connectivity index (χ2v) is 6.62. The van der Waals surface area contributed by atoms with Gasteiger partial charge in [-0.25, -0.2) is 10.3 Å². The molecule has 0 aliphatic rings. The predicted molar refractivity (Wildman–Crippen MR) is 91.4 cm³/mol. The van der Waals surface area contributed by atoms with Crippen LogP contribution in [0, 0.1) is 5.41 Å². The first-order valence-electron chi connectivity index (χ1n) is 7.29. The van der Waals surface area contributed by atoms with Crippen molar-refractivity contribution in [2.45, 2.75) is 27.4 Å². The van der Waals surface area contributed by atoms with Crippen LogP contribution in [-0.4, -0.2) is 5.97 Å². The predicted octanol–water partition coefficient (Wildman–Crippen LogP) is 4.84. The smallest absolute Gasteiger partial charge is 0.337 e. The summed E-state index contributed by atoms with van der Waals surface area (Å²) in [5, 5.41) is 0.703. The van der Waals surface area contributed by atoms with Gasteiger partial charge in [-0.2, -0.15) is 0 Å². The van der Waals surface area contributed by atoms with Crippen LogP contribution < -0.4 is 10.2 Å². The van der Waals surface area contributed by atoms with E-state index < -0.39 is 5.41 Å². The molecule has 2 rings (SSSR count). The Bertz CT molecular complexity index is 645. The lowest BCUT2D eigenvalue weighted by Crippen LogP contribution is -2.25. The molecule has 0 spiro atoms. The number of anilines is 1. The number of carbonyl (C=O) groups excluding carboxylic acids is 1. The molecule has 0 saturated carbocycles. The van der Waals surface area contributed by atoms with Crippen LogP contribution in [0.4, 0.5) is 5.69 Å². The molecule has 4 nitrogen and oxygen atoms in total. The number of nitrogens with one attached hydrogen (secondary N) is 1. The average Bonchev–Trinajstić information content (AvgIpc) is 2.52. The third-order valence-electron chi connectivity index (χ3n) is 3.05. The molecule has 0 saturated heterocycles. The van der Waals surface area contributed by atoms with E-state index in [1.165, 1.54) is 0 Å². The highest BCUT2D eigenvalue weighted by molar-refractivity contribution is 6.30. The lowest BCUT2D eigenvalue weighted by molar-refractivity contribution is -0.149. The number of hydrogen-bond acceptors (Lipinski definition) is 4. The van der Waals surface area contributed by atoms with Crippen molar-refractivity contribution in [1.82, 2.24) is 0 Å². The highest BCUT2D eigenvalue weighted by atomic mass is 35.5. The van der Waals surface area contributed by atoms with E-state index in [9.17, 15) is 4.79 Å². The van der Waals surface area contributed by atoms with E-state index in [1.807, 2.05) is 36.4 Å². The van der Waals surface area contributed by atoms with Crippen LogP contribution >= 0.6 is 11.6 Å². The van der Waals surface area contributed by atoms with Crippen molar-refractivity contribution in [3.8, 4) is 5.75 Å². The summed E-state index contributed by atoms with van der Waals surface area (Å²) >= 11 is 5.84. The van der Waals surface area contributed by atoms with E-state index in [1.54, 1.807) is 32.9 Å². The first kappa shape index (κ1) is 17.2. The molecule has 0 aromatic heterocycles. The van der Waals surface area contributed by atoms with Crippen molar-refractivity contribution in [2.75, 3.05) is 5.48 Å². The van der Waals surface area contributed by atoms with Gasteiger partial charge >= 0.3 is 5.97 Å². The van der Waals surface area contributed by atoms with Gasteiger partial charge in [0, 0.05) is 5.02 Å². The van der Waals surface area contributed by atoms with Crippen LogP contribution in [0.2, 0.25) is 5.02 Å². The number of halogens is 1. The minimum Gasteiger partial charge on any atom is -0.489 e. The van der Waals surface area contributed by atoms with Crippen LogP contribution in [-0.2, 0) is 16.2 Å². The van der Waals surface area contributed by atoms with E-state index in [0.717, 1.165) is 11.3 Å². The molecule has 0 amide bonds. The summed E-state index contributed by atoms with van der Waals surface area (Å²) in [5.74, 6) is 0.410. The third kappa shape index (κ3) is 5.49. The van der Waals surface area contributed by atoms with Gasteiger partial charge in [0.1, 0.15) is 12.4 Å². The minimum absolute atomic E-state index is 0.319. The van der Waals surface area contributed by atoms with Gasteiger partial charge in [0.2, 0.25) is 0 Å². The Labute approximate surface area is 141 Å². The van der Waals surface area contributed by atoms with E-state index in [0.29, 0.717) is 17.3 Å². The summed E-state index contributed by atoms with van der Waals surface area (Å²) in [6.45, 7) is 5.85. The number of ether oxygens (including phenoxy) is 1. The summed E-state index contributed by atoms with van der Waals surface area (Å²) in [5.41, 5.74) is 3.81. The average molecular weight is 334 g/mol. The zero-order valence-corrected chi connectivity index (χ0v) is 14.2. The molecule has 0 radical (unpaired) electrons. The Morgan fingerprint density at radius 2 is 1.65 bits per heavy atom. The highest BCUT2D eigenvalue weighted by Crippen LogP contribution is 2.19. The topological polar surface area (TPSA) is 47.6 Å². The van der Waals surface area contributed by atoms with Crippen LogP contribution in [0.15, 0.2) is 48.5 Å². The molecule has 0 bridgehead atoms. The van der Waals surface area contributed by atoms with Gasteiger partial charge in [-0.05, 0) is 62.7 Å². The van der Waals surface area contributed by atoms with Crippen LogP contribution in [0.25, 0.3) is 0 Å². The molecule has 1 N–H and O–H groups in total. The fraction of sp³-hybridized carbons (Fsp3) is 0.278. The van der Waals surface area contributed by atoms with Gasteiger partial charge < -0.3 is 9.57 Å². The Morgan fingerprint density at radius 3 is 2.22 bits per heavy atom. The van der Waals surface area contributed by atoms with E-state index >= 15 is 0 Å². The minimum atomic E-state index is -0.547. The van der Waals surface area contributed by atoms with Crippen LogP contribution in [0.1, 0.15) is 26.3 Å². The largest absolute Gasteiger partial charge is 0.489 e. The number of carbonyl (C=O) groups is 1. The fourth-order valence-corrected chi connectivity index (χ4v) is 1.75. The molecule has 0 aliphatic heterocycles. The van der Waals surface area contributed by atoms with Crippen molar-refractivity contribution in [3.63, 3.8) is 0 Å². The monoisotopic (exact) mass is 333 g/mol. The molecule has 0 fully saturated rings. The van der Waals surface area contributed by atoms with Gasteiger partial charge in [-0.15, -0.1) is 0 Å². The first-order chi connectivity index (χ1) is 10.8. The van der Waals surface area contributed by atoms with Crippen molar-refractivity contribution in [3.05, 3.63) is 59.1 Å². The van der Waals surface area contributed by atoms with E-state index in [2.05, 4.69) is 5.48 Å². The maximum absolute atomic E-state index is 11.7. The lowest BCUT2D eigenvalue weighted by Gasteiger charge is -2.16. The van der Waals surface area contributed by atoms with Crippen molar-refractivity contribution < 1.29 is 14.4 Å². The molecule has 0 atom stereocenters. The molecule has 2 aromatic carbocycles. The molecule has 5 heteroatoms. The Morgan fingerprint density at radius 1 is 1.04 bits per heavy atom. The van der Waals surface area contributed by atoms with Crippen LogP contribution in [0.5, 0.6) is 5.75 Å². The van der Waals surface area contributed by atoms with Crippen LogP contribution in [0.3, 0.4) is 0 Å². The molecule has 2 aromatic rings. The SMILES string of the molecule is CC(C)(C)C(=O)ONc1ccc(OCc2ccc(Cl)cc2)cc1. The number of rotatable bonds is 5. The number of hydrogen-bond donors (Lipinski definition) is 1. The maximum atomic E-state index is 11.7. The quantitative estimate of drug-likeness (QED) is 0.796. The molecule has 122 valence electrons. The first-order valence-corrected chi connectivity index (χ1v) is 7.67. The van der Waals surface area contributed by atoms with Crippen molar-refractivity contribution >= 4 is 23.3 Å². The van der Waals surface area contributed by atoms with Crippen molar-refractivity contribution in [2.24, 2.45) is 5.41 Å². The van der Waals surface area contributed by atoms with Crippen molar-refractivity contribution in [1.29, 1.82) is 0 Å². The van der Waals surface area contributed by atoms with Gasteiger partial charge in [-0.1, -0.05) is 23.7 Å². The fourth-order valence-electron chi connectivity index (χ4n) is 1.62. The molecule has 0 unspecified atom stereocenters. The number of benzene rings is 2. The maximum Gasteiger partial charge on any atom is 0.337 e. The Balaban J connectivity index is 1.84. The standard InChI is InChI=1S/C18H20ClNO3/c1-18(2,3)17(21)23-20-15-8-10-16(11-9-15)22-12-13-4-6-14(19)7-5-13/h4-11,20H,12H2,1-3H3. The van der Waals surface area contributed by atoms with Gasteiger partial charge in [0.05, 0.1) is 11.1 Å². The highest BCUT2D eigenvalue weighted by Gasteiger charge is 2.23. The molecule has 0 aliphatic carbocycles. The molecular weight excluding hydrogens is 314 g/mol.